The van der Waals surface area contributed by atoms with E-state index in [-0.39, 0.29) is 0 Å². The Balaban J connectivity index is 2.10. The lowest BCUT2D eigenvalue weighted by Gasteiger charge is -2.07. The molecule has 0 amide bonds. The van der Waals surface area contributed by atoms with Crippen LogP contribution in [0.1, 0.15) is 0 Å². The standard InChI is InChI=1S/C15H12BrN2P/c16-14-6-3-11(15-18-7-8-19-15)9-13(14)10-1-4-12(17)5-2-10/h1-9,19H,17H2. The van der Waals surface area contributed by atoms with Crippen molar-refractivity contribution in [3.63, 3.8) is 0 Å². The highest BCUT2D eigenvalue weighted by Crippen LogP contribution is 2.34. The third-order valence-corrected chi connectivity index (χ3v) is 4.66. The van der Waals surface area contributed by atoms with Gasteiger partial charge in [0.25, 0.3) is 0 Å². The van der Waals surface area contributed by atoms with E-state index >= 15 is 0 Å². The van der Waals surface area contributed by atoms with E-state index in [0.717, 1.165) is 26.7 Å². The number of aromatic nitrogens is 1. The molecule has 0 saturated carbocycles. The molecule has 1 heterocycles. The number of anilines is 1. The largest absolute Gasteiger partial charge is 0.399 e. The van der Waals surface area contributed by atoms with Crippen molar-refractivity contribution in [2.75, 3.05) is 5.73 Å². The van der Waals surface area contributed by atoms with Crippen LogP contribution in [0, 0.1) is 0 Å². The van der Waals surface area contributed by atoms with E-state index in [1.54, 1.807) is 0 Å². The van der Waals surface area contributed by atoms with Gasteiger partial charge in [-0.15, -0.1) is 8.19 Å². The van der Waals surface area contributed by atoms with Crippen LogP contribution in [-0.4, -0.2) is 4.98 Å². The Morgan fingerprint density at radius 1 is 1.00 bits per heavy atom. The molecule has 1 atom stereocenters. The van der Waals surface area contributed by atoms with E-state index in [1.807, 2.05) is 30.5 Å². The zero-order valence-electron chi connectivity index (χ0n) is 10.1. The predicted molar refractivity (Wildman–Crippen MR) is 86.7 cm³/mol. The maximum absolute atomic E-state index is 5.73. The summed E-state index contributed by atoms with van der Waals surface area (Å²) < 4.78 is 1.08. The molecule has 0 aliphatic carbocycles. The number of nitrogens with zero attached hydrogens (tertiary/aromatic N) is 1. The lowest BCUT2D eigenvalue weighted by atomic mass is 10.0. The maximum atomic E-state index is 5.73. The summed E-state index contributed by atoms with van der Waals surface area (Å²) >= 11 is 3.61. The van der Waals surface area contributed by atoms with Crippen LogP contribution in [0.4, 0.5) is 5.69 Å². The van der Waals surface area contributed by atoms with Crippen molar-refractivity contribution in [2.24, 2.45) is 0 Å². The third kappa shape index (κ3) is 2.58. The van der Waals surface area contributed by atoms with Gasteiger partial charge in [0.15, 0.2) is 0 Å². The van der Waals surface area contributed by atoms with E-state index < -0.39 is 0 Å². The van der Waals surface area contributed by atoms with Gasteiger partial charge in [-0.05, 0) is 41.2 Å². The van der Waals surface area contributed by atoms with Crippen LogP contribution in [-0.2, 0) is 0 Å². The summed E-state index contributed by atoms with van der Waals surface area (Å²) in [7, 11) is 0.660. The van der Waals surface area contributed by atoms with Gasteiger partial charge in [0.1, 0.15) is 0 Å². The average molecular weight is 331 g/mol. The number of rotatable bonds is 2. The molecule has 0 aliphatic rings. The van der Waals surface area contributed by atoms with Gasteiger partial charge in [0.05, 0.1) is 5.43 Å². The monoisotopic (exact) mass is 330 g/mol. The molecule has 1 unspecified atom stereocenters. The van der Waals surface area contributed by atoms with Crippen LogP contribution < -0.4 is 5.73 Å². The fourth-order valence-electron chi connectivity index (χ4n) is 1.98. The summed E-state index contributed by atoms with van der Waals surface area (Å²) in [6.07, 6.45) is 1.87. The van der Waals surface area contributed by atoms with E-state index in [1.165, 1.54) is 5.56 Å². The fraction of sp³-hybridized carbons (Fsp3) is 0. The second-order valence-electron chi connectivity index (χ2n) is 4.25. The highest BCUT2D eigenvalue weighted by Gasteiger charge is 2.06. The Bertz CT molecular complexity index is 691. The molecule has 3 aromatic rings. The van der Waals surface area contributed by atoms with E-state index in [9.17, 15) is 0 Å². The predicted octanol–water partition coefficient (Wildman–Crippen LogP) is 4.79. The van der Waals surface area contributed by atoms with Crippen molar-refractivity contribution >= 4 is 29.8 Å². The van der Waals surface area contributed by atoms with E-state index in [2.05, 4.69) is 44.9 Å². The van der Waals surface area contributed by atoms with Crippen molar-refractivity contribution in [1.29, 1.82) is 0 Å². The molecule has 0 bridgehead atoms. The Kier molecular flexibility index (Phi) is 3.41. The van der Waals surface area contributed by atoms with Gasteiger partial charge in [-0.1, -0.05) is 34.1 Å². The third-order valence-electron chi connectivity index (χ3n) is 2.96. The molecule has 2 nitrogen and oxygen atoms in total. The minimum Gasteiger partial charge on any atom is -0.399 e. The molecule has 0 fully saturated rings. The highest BCUT2D eigenvalue weighted by atomic mass is 79.9. The highest BCUT2D eigenvalue weighted by molar-refractivity contribution is 9.10. The van der Waals surface area contributed by atoms with Crippen LogP contribution in [0.5, 0.6) is 0 Å². The number of hydrogen-bond acceptors (Lipinski definition) is 2. The lowest BCUT2D eigenvalue weighted by molar-refractivity contribution is 1.41. The zero-order chi connectivity index (χ0) is 13.2. The van der Waals surface area contributed by atoms with Crippen LogP contribution in [0.2, 0.25) is 0 Å². The summed E-state index contributed by atoms with van der Waals surface area (Å²) in [6.45, 7) is 0. The van der Waals surface area contributed by atoms with Gasteiger partial charge >= 0.3 is 0 Å². The Morgan fingerprint density at radius 3 is 2.42 bits per heavy atom. The van der Waals surface area contributed by atoms with Crippen molar-refractivity contribution in [2.45, 2.75) is 0 Å². The first-order valence-corrected chi connectivity index (χ1v) is 7.76. The van der Waals surface area contributed by atoms with Gasteiger partial charge < -0.3 is 5.73 Å². The molecule has 3 rings (SSSR count). The van der Waals surface area contributed by atoms with Crippen LogP contribution in [0.15, 0.2) is 58.9 Å². The van der Waals surface area contributed by atoms with Crippen LogP contribution >= 0.6 is 24.1 Å². The Hall–Kier alpha value is -1.57. The summed E-state index contributed by atoms with van der Waals surface area (Å²) in [4.78, 5) is 4.40. The number of hydrogen-bond donors (Lipinski definition) is 1. The maximum Gasteiger partial charge on any atom is 0.0858 e. The zero-order valence-corrected chi connectivity index (χ0v) is 12.7. The van der Waals surface area contributed by atoms with Gasteiger partial charge in [0.2, 0.25) is 0 Å². The normalized spacial score (nSPS) is 11.0. The second-order valence-corrected chi connectivity index (χ2v) is 6.20. The first-order valence-electron chi connectivity index (χ1n) is 5.89. The van der Waals surface area contributed by atoms with Crippen molar-refractivity contribution in [1.82, 2.24) is 4.98 Å². The van der Waals surface area contributed by atoms with Gasteiger partial charge in [-0.2, -0.15) is 0 Å². The SMILES string of the molecule is Nc1ccc(-c2cc(-c3ncc[pH]3)ccc2Br)cc1. The summed E-state index contributed by atoms with van der Waals surface area (Å²) in [5.41, 5.74) is 11.2. The van der Waals surface area contributed by atoms with Crippen molar-refractivity contribution < 1.29 is 0 Å². The van der Waals surface area contributed by atoms with E-state index in [0.29, 0.717) is 8.19 Å². The topological polar surface area (TPSA) is 38.9 Å². The molecule has 94 valence electrons. The van der Waals surface area contributed by atoms with Crippen LogP contribution in [0.25, 0.3) is 22.1 Å². The molecule has 4 heteroatoms. The average Bonchev–Trinajstić information content (AvgIpc) is 2.94. The lowest BCUT2D eigenvalue weighted by Crippen LogP contribution is -1.86. The van der Waals surface area contributed by atoms with E-state index in [4.69, 9.17) is 5.73 Å². The summed E-state index contributed by atoms with van der Waals surface area (Å²) in [5, 5.41) is 0. The molecule has 0 spiro atoms. The summed E-state index contributed by atoms with van der Waals surface area (Å²) in [6, 6.07) is 14.3. The molecular weight excluding hydrogens is 319 g/mol. The first kappa shape index (κ1) is 12.5. The molecule has 0 radical (unpaired) electrons. The summed E-state index contributed by atoms with van der Waals surface area (Å²) in [5.74, 6) is 2.10. The quantitative estimate of drug-likeness (QED) is 0.686. The number of nitrogens with two attached hydrogens (primary N) is 1. The van der Waals surface area contributed by atoms with Gasteiger partial charge in [-0.25, -0.2) is 0 Å². The van der Waals surface area contributed by atoms with Gasteiger partial charge in [-0.3, -0.25) is 4.98 Å². The first-order chi connectivity index (χ1) is 9.24. The Labute approximate surface area is 121 Å². The number of nitrogen functional groups attached to an aromatic ring is 1. The van der Waals surface area contributed by atoms with Gasteiger partial charge in [0, 0.05) is 21.9 Å². The molecule has 19 heavy (non-hydrogen) atoms. The number of benzene rings is 2. The molecule has 2 N–H and O–H groups in total. The molecule has 2 aromatic carbocycles. The molecular formula is C15H12BrN2P. The smallest absolute Gasteiger partial charge is 0.0858 e. The minimum atomic E-state index is 0.660. The second kappa shape index (κ2) is 5.20. The molecule has 0 saturated heterocycles. The van der Waals surface area contributed by atoms with Crippen molar-refractivity contribution in [3.8, 4) is 22.1 Å². The molecule has 1 aromatic heterocycles. The van der Waals surface area contributed by atoms with Crippen molar-refractivity contribution in [3.05, 3.63) is 58.9 Å². The Morgan fingerprint density at radius 2 is 1.74 bits per heavy atom. The minimum absolute atomic E-state index is 0.660. The molecule has 0 aliphatic heterocycles. The number of halogens is 1. The van der Waals surface area contributed by atoms with Crippen LogP contribution in [0.3, 0.4) is 0 Å². The fourth-order valence-corrected chi connectivity index (χ4v) is 3.23.